The van der Waals surface area contributed by atoms with Crippen LogP contribution in [0.2, 0.25) is 0 Å². The molecule has 1 amide bonds. The largest absolute Gasteiger partial charge is 0.478 e. The molecule has 0 aromatic heterocycles. The van der Waals surface area contributed by atoms with Gasteiger partial charge in [0, 0.05) is 15.6 Å². The maximum absolute atomic E-state index is 11.9. The number of benzene rings is 1. The van der Waals surface area contributed by atoms with Gasteiger partial charge in [-0.15, -0.1) is 0 Å². The van der Waals surface area contributed by atoms with Crippen molar-refractivity contribution in [1.29, 1.82) is 0 Å². The van der Waals surface area contributed by atoms with Crippen molar-refractivity contribution in [2.24, 2.45) is 0 Å². The minimum Gasteiger partial charge on any atom is -0.478 e. The summed E-state index contributed by atoms with van der Waals surface area (Å²) in [7, 11) is 0. The first-order chi connectivity index (χ1) is 8.84. The van der Waals surface area contributed by atoms with Crippen molar-refractivity contribution in [2.75, 3.05) is 0 Å². The zero-order valence-electron chi connectivity index (χ0n) is 11.0. The number of carboxylic acid groups (broad SMARTS) is 1. The highest BCUT2D eigenvalue weighted by molar-refractivity contribution is 9.10. The molecule has 0 aliphatic rings. The predicted octanol–water partition coefficient (Wildman–Crippen LogP) is 3.05. The van der Waals surface area contributed by atoms with Gasteiger partial charge in [-0.05, 0) is 32.4 Å². The number of hydrogen-bond acceptors (Lipinski definition) is 2. The highest BCUT2D eigenvalue weighted by Gasteiger charge is 2.16. The van der Waals surface area contributed by atoms with E-state index in [1.807, 2.05) is 31.2 Å². The molecule has 0 fully saturated rings. The van der Waals surface area contributed by atoms with Crippen molar-refractivity contribution < 1.29 is 14.7 Å². The molecule has 1 unspecified atom stereocenters. The highest BCUT2D eigenvalue weighted by atomic mass is 79.9. The molecular formula is C14H16BrNO3. The molecule has 2 N–H and O–H groups in total. The Hall–Kier alpha value is -1.62. The number of hydrogen-bond donors (Lipinski definition) is 2. The van der Waals surface area contributed by atoms with E-state index in [-0.39, 0.29) is 23.1 Å². The Morgan fingerprint density at radius 1 is 1.21 bits per heavy atom. The van der Waals surface area contributed by atoms with Gasteiger partial charge in [0.05, 0.1) is 6.04 Å². The third-order valence-corrected chi connectivity index (χ3v) is 3.67. The Morgan fingerprint density at radius 2 is 1.79 bits per heavy atom. The summed E-state index contributed by atoms with van der Waals surface area (Å²) >= 11 is 3.42. The second kappa shape index (κ2) is 6.52. The smallest absolute Gasteiger partial charge is 0.331 e. The fourth-order valence-corrected chi connectivity index (χ4v) is 2.17. The van der Waals surface area contributed by atoms with Gasteiger partial charge in [0.1, 0.15) is 0 Å². The molecule has 0 aliphatic heterocycles. The molecule has 0 bridgehead atoms. The van der Waals surface area contributed by atoms with E-state index in [2.05, 4.69) is 21.2 Å². The van der Waals surface area contributed by atoms with Crippen LogP contribution in [0, 0.1) is 0 Å². The fraction of sp³-hybridized carbons (Fsp3) is 0.286. The molecule has 0 saturated carbocycles. The van der Waals surface area contributed by atoms with Gasteiger partial charge in [0.2, 0.25) is 5.91 Å². The summed E-state index contributed by atoms with van der Waals surface area (Å²) < 4.78 is 0.902. The van der Waals surface area contributed by atoms with Crippen LogP contribution in [0.5, 0.6) is 0 Å². The predicted molar refractivity (Wildman–Crippen MR) is 76.7 cm³/mol. The molecule has 5 heteroatoms. The fourth-order valence-electron chi connectivity index (χ4n) is 1.54. The summed E-state index contributed by atoms with van der Waals surface area (Å²) in [6.07, 6.45) is 0. The SMILES string of the molecule is C/C(C(=O)O)=C(\C)C(=O)NC(C)c1ccccc1Br. The summed E-state index contributed by atoms with van der Waals surface area (Å²) in [5, 5.41) is 11.6. The number of nitrogens with one attached hydrogen (secondary N) is 1. The Bertz CT molecular complexity index is 537. The molecule has 0 saturated heterocycles. The molecular weight excluding hydrogens is 310 g/mol. The zero-order valence-corrected chi connectivity index (χ0v) is 12.6. The molecule has 1 atom stereocenters. The molecule has 1 aromatic carbocycles. The lowest BCUT2D eigenvalue weighted by Gasteiger charge is -2.16. The number of carboxylic acids is 1. The molecule has 102 valence electrons. The molecule has 0 radical (unpaired) electrons. The molecule has 19 heavy (non-hydrogen) atoms. The first kappa shape index (κ1) is 15.4. The van der Waals surface area contributed by atoms with Crippen LogP contribution in [0.4, 0.5) is 0 Å². The summed E-state index contributed by atoms with van der Waals surface area (Å²) in [5.41, 5.74) is 1.21. The van der Waals surface area contributed by atoms with Crippen LogP contribution >= 0.6 is 15.9 Å². The van der Waals surface area contributed by atoms with E-state index >= 15 is 0 Å². The number of halogens is 1. The molecule has 1 rings (SSSR count). The van der Waals surface area contributed by atoms with Crippen molar-refractivity contribution in [1.82, 2.24) is 5.32 Å². The van der Waals surface area contributed by atoms with Gasteiger partial charge in [-0.2, -0.15) is 0 Å². The van der Waals surface area contributed by atoms with Crippen molar-refractivity contribution in [3.05, 3.63) is 45.4 Å². The van der Waals surface area contributed by atoms with Crippen LogP contribution < -0.4 is 5.32 Å². The Morgan fingerprint density at radius 3 is 2.32 bits per heavy atom. The minimum absolute atomic E-state index is 0.0526. The van der Waals surface area contributed by atoms with Crippen LogP contribution in [0.3, 0.4) is 0 Å². The Kier molecular flexibility index (Phi) is 5.30. The van der Waals surface area contributed by atoms with Crippen LogP contribution in [-0.2, 0) is 9.59 Å². The normalized spacial score (nSPS) is 13.5. The maximum atomic E-state index is 11.9. The third kappa shape index (κ3) is 3.92. The lowest BCUT2D eigenvalue weighted by molar-refractivity contribution is -0.133. The summed E-state index contributed by atoms with van der Waals surface area (Å²) in [5.74, 6) is -1.45. The summed E-state index contributed by atoms with van der Waals surface area (Å²) in [6.45, 7) is 4.77. The van der Waals surface area contributed by atoms with Crippen molar-refractivity contribution in [3.8, 4) is 0 Å². The lowest BCUT2D eigenvalue weighted by Crippen LogP contribution is -2.28. The van der Waals surface area contributed by atoms with Crippen molar-refractivity contribution in [2.45, 2.75) is 26.8 Å². The van der Waals surface area contributed by atoms with Crippen LogP contribution in [0.15, 0.2) is 39.9 Å². The van der Waals surface area contributed by atoms with E-state index in [1.54, 1.807) is 0 Å². The second-order valence-corrected chi connectivity index (χ2v) is 5.13. The molecule has 0 aliphatic carbocycles. The molecule has 1 aromatic rings. The summed E-state index contributed by atoms with van der Waals surface area (Å²) in [6, 6.07) is 7.36. The van der Waals surface area contributed by atoms with Crippen LogP contribution in [0.25, 0.3) is 0 Å². The lowest BCUT2D eigenvalue weighted by atomic mass is 10.1. The molecule has 0 spiro atoms. The Labute approximate surface area is 120 Å². The van der Waals surface area contributed by atoms with E-state index in [0.29, 0.717) is 0 Å². The van der Waals surface area contributed by atoms with Gasteiger partial charge in [-0.25, -0.2) is 4.79 Å². The standard InChI is InChI=1S/C14H16BrNO3/c1-8(9(2)14(18)19)13(17)16-10(3)11-6-4-5-7-12(11)15/h4-7,10H,1-3H3,(H,16,17)(H,18,19)/b9-8-. The molecule has 4 nitrogen and oxygen atoms in total. The van der Waals surface area contributed by atoms with Crippen molar-refractivity contribution >= 4 is 27.8 Å². The average Bonchev–Trinajstić information content (AvgIpc) is 2.37. The van der Waals surface area contributed by atoms with Gasteiger partial charge in [0.15, 0.2) is 0 Å². The van der Waals surface area contributed by atoms with Gasteiger partial charge >= 0.3 is 5.97 Å². The van der Waals surface area contributed by atoms with E-state index in [4.69, 9.17) is 5.11 Å². The Balaban J connectivity index is 2.87. The summed E-state index contributed by atoms with van der Waals surface area (Å²) in [4.78, 5) is 22.7. The quantitative estimate of drug-likeness (QED) is 0.836. The van der Waals surface area contributed by atoms with Gasteiger partial charge in [-0.3, -0.25) is 4.79 Å². The first-order valence-electron chi connectivity index (χ1n) is 5.80. The van der Waals surface area contributed by atoms with Gasteiger partial charge in [-0.1, -0.05) is 34.1 Å². The number of carbonyl (C=O) groups is 2. The average molecular weight is 326 g/mol. The van der Waals surface area contributed by atoms with Gasteiger partial charge < -0.3 is 10.4 Å². The monoisotopic (exact) mass is 325 g/mol. The zero-order chi connectivity index (χ0) is 14.6. The number of amides is 1. The third-order valence-electron chi connectivity index (χ3n) is 2.94. The first-order valence-corrected chi connectivity index (χ1v) is 6.60. The number of carbonyl (C=O) groups excluding carboxylic acids is 1. The molecule has 0 heterocycles. The maximum Gasteiger partial charge on any atom is 0.331 e. The van der Waals surface area contributed by atoms with Crippen LogP contribution in [0.1, 0.15) is 32.4 Å². The van der Waals surface area contributed by atoms with E-state index in [9.17, 15) is 9.59 Å². The van der Waals surface area contributed by atoms with E-state index in [0.717, 1.165) is 10.0 Å². The minimum atomic E-state index is -1.08. The second-order valence-electron chi connectivity index (χ2n) is 4.27. The topological polar surface area (TPSA) is 66.4 Å². The number of rotatable bonds is 4. The number of aliphatic carboxylic acids is 1. The highest BCUT2D eigenvalue weighted by Crippen LogP contribution is 2.23. The van der Waals surface area contributed by atoms with Gasteiger partial charge in [0.25, 0.3) is 0 Å². The van der Waals surface area contributed by atoms with Crippen LogP contribution in [-0.4, -0.2) is 17.0 Å². The van der Waals surface area contributed by atoms with E-state index < -0.39 is 5.97 Å². The van der Waals surface area contributed by atoms with Crippen molar-refractivity contribution in [3.63, 3.8) is 0 Å². The van der Waals surface area contributed by atoms with E-state index in [1.165, 1.54) is 13.8 Å².